The predicted molar refractivity (Wildman–Crippen MR) is 98.6 cm³/mol. The molecule has 0 saturated carbocycles. The Kier molecular flexibility index (Phi) is 4.04. The number of phenols is 1. The van der Waals surface area contributed by atoms with Crippen LogP contribution in [0.5, 0.6) is 5.75 Å². The van der Waals surface area contributed by atoms with Crippen LogP contribution in [0, 0.1) is 0 Å². The Morgan fingerprint density at radius 2 is 1.62 bits per heavy atom. The minimum Gasteiger partial charge on any atom is -0.506 e. The molecule has 7 heteroatoms. The highest BCUT2D eigenvalue weighted by atomic mass is 16.3. The van der Waals surface area contributed by atoms with Crippen LogP contribution in [0.15, 0.2) is 53.3 Å². The van der Waals surface area contributed by atoms with Crippen molar-refractivity contribution in [2.24, 2.45) is 0 Å². The molecule has 1 amide bonds. The van der Waals surface area contributed by atoms with E-state index in [9.17, 15) is 14.7 Å². The second kappa shape index (κ2) is 6.51. The maximum absolute atomic E-state index is 12.9. The van der Waals surface area contributed by atoms with E-state index in [4.69, 9.17) is 0 Å². The van der Waals surface area contributed by atoms with E-state index in [0.717, 1.165) is 5.69 Å². The lowest BCUT2D eigenvalue weighted by molar-refractivity contribution is 0.0742. The summed E-state index contributed by atoms with van der Waals surface area (Å²) in [7, 11) is 0. The van der Waals surface area contributed by atoms with Crippen LogP contribution in [-0.4, -0.2) is 52.3 Å². The first-order chi connectivity index (χ1) is 12.6. The van der Waals surface area contributed by atoms with Crippen molar-refractivity contribution in [2.45, 2.75) is 0 Å². The van der Waals surface area contributed by atoms with E-state index >= 15 is 0 Å². The van der Waals surface area contributed by atoms with Gasteiger partial charge in [0.05, 0.1) is 11.1 Å². The standard InChI is InChI=1S/C19H18N4O3/c24-16-8-4-3-7-15(16)22-9-11-23(12-10-22)19(26)17-13-5-1-2-6-14(13)18(25)21-20-17/h1-8,24H,9-12H2,(H,21,25). The molecule has 7 nitrogen and oxygen atoms in total. The van der Waals surface area contributed by atoms with E-state index in [1.807, 2.05) is 12.1 Å². The SMILES string of the molecule is O=C(c1n[nH]c(=O)c2ccccc12)N1CCN(c2ccccc2O)CC1. The number of para-hydroxylation sites is 2. The highest BCUT2D eigenvalue weighted by Crippen LogP contribution is 2.27. The quantitative estimate of drug-likeness (QED) is 0.733. The molecule has 0 atom stereocenters. The van der Waals surface area contributed by atoms with Crippen LogP contribution in [0.4, 0.5) is 5.69 Å². The molecule has 1 aromatic heterocycles. The second-order valence-electron chi connectivity index (χ2n) is 6.21. The minimum absolute atomic E-state index is 0.200. The molecule has 0 radical (unpaired) electrons. The Hall–Kier alpha value is -3.35. The molecule has 1 fully saturated rings. The van der Waals surface area contributed by atoms with Crippen molar-refractivity contribution in [3.63, 3.8) is 0 Å². The second-order valence-corrected chi connectivity index (χ2v) is 6.21. The predicted octanol–water partition coefficient (Wildman–Crippen LogP) is 1.59. The van der Waals surface area contributed by atoms with E-state index < -0.39 is 0 Å². The summed E-state index contributed by atoms with van der Waals surface area (Å²) in [5.41, 5.74) is 0.727. The average Bonchev–Trinajstić information content (AvgIpc) is 2.69. The van der Waals surface area contributed by atoms with Crippen LogP contribution in [0.3, 0.4) is 0 Å². The van der Waals surface area contributed by atoms with Gasteiger partial charge in [-0.15, -0.1) is 0 Å². The van der Waals surface area contributed by atoms with Gasteiger partial charge in [0.1, 0.15) is 5.75 Å². The van der Waals surface area contributed by atoms with E-state index in [-0.39, 0.29) is 22.9 Å². The van der Waals surface area contributed by atoms with Crippen molar-refractivity contribution >= 4 is 22.4 Å². The Bertz CT molecular complexity index is 1020. The van der Waals surface area contributed by atoms with E-state index in [1.54, 1.807) is 41.3 Å². The molecule has 0 spiro atoms. The van der Waals surface area contributed by atoms with Crippen LogP contribution in [0.1, 0.15) is 10.5 Å². The van der Waals surface area contributed by atoms with Gasteiger partial charge >= 0.3 is 0 Å². The zero-order valence-corrected chi connectivity index (χ0v) is 14.1. The smallest absolute Gasteiger partial charge is 0.275 e. The third-order valence-electron chi connectivity index (χ3n) is 4.69. The monoisotopic (exact) mass is 350 g/mol. The van der Waals surface area contributed by atoms with Crippen LogP contribution in [-0.2, 0) is 0 Å². The molecule has 2 heterocycles. The van der Waals surface area contributed by atoms with Crippen LogP contribution in [0.2, 0.25) is 0 Å². The number of fused-ring (bicyclic) bond motifs is 1. The number of nitrogens with zero attached hydrogens (tertiary/aromatic N) is 3. The summed E-state index contributed by atoms with van der Waals surface area (Å²) in [6.07, 6.45) is 0. The van der Waals surface area contributed by atoms with Crippen molar-refractivity contribution in [3.8, 4) is 5.75 Å². The zero-order chi connectivity index (χ0) is 18.1. The molecular formula is C19H18N4O3. The fraction of sp³-hybridized carbons (Fsp3) is 0.211. The van der Waals surface area contributed by atoms with Crippen molar-refractivity contribution in [3.05, 3.63) is 64.6 Å². The van der Waals surface area contributed by atoms with Crippen molar-refractivity contribution in [1.29, 1.82) is 0 Å². The maximum Gasteiger partial charge on any atom is 0.275 e. The van der Waals surface area contributed by atoms with Crippen LogP contribution < -0.4 is 10.5 Å². The number of nitrogens with one attached hydrogen (secondary N) is 1. The van der Waals surface area contributed by atoms with Crippen molar-refractivity contribution in [1.82, 2.24) is 15.1 Å². The Balaban J connectivity index is 1.56. The largest absolute Gasteiger partial charge is 0.506 e. The van der Waals surface area contributed by atoms with Gasteiger partial charge in [0.25, 0.3) is 11.5 Å². The minimum atomic E-state index is -0.304. The summed E-state index contributed by atoms with van der Waals surface area (Å²) in [5, 5.41) is 17.4. The van der Waals surface area contributed by atoms with E-state index in [0.29, 0.717) is 37.0 Å². The average molecular weight is 350 g/mol. The van der Waals surface area contributed by atoms with Crippen molar-refractivity contribution in [2.75, 3.05) is 31.1 Å². The topological polar surface area (TPSA) is 89.5 Å². The number of rotatable bonds is 2. The fourth-order valence-electron chi connectivity index (χ4n) is 3.31. The summed E-state index contributed by atoms with van der Waals surface area (Å²) in [5.74, 6) is 0.0370. The Morgan fingerprint density at radius 1 is 0.962 bits per heavy atom. The number of amides is 1. The summed E-state index contributed by atoms with van der Waals surface area (Å²) in [6.45, 7) is 2.26. The molecular weight excluding hydrogens is 332 g/mol. The maximum atomic E-state index is 12.9. The Morgan fingerprint density at radius 3 is 2.35 bits per heavy atom. The zero-order valence-electron chi connectivity index (χ0n) is 14.1. The van der Waals surface area contributed by atoms with Gasteiger partial charge in [-0.1, -0.05) is 30.3 Å². The molecule has 1 aliphatic heterocycles. The number of aromatic hydroxyl groups is 1. The number of benzene rings is 2. The van der Waals surface area contributed by atoms with E-state index in [2.05, 4.69) is 15.1 Å². The molecule has 1 saturated heterocycles. The Labute approximate surface area is 149 Å². The number of carbonyl (C=O) groups is 1. The summed E-state index contributed by atoms with van der Waals surface area (Å²) < 4.78 is 0. The first-order valence-electron chi connectivity index (χ1n) is 8.45. The molecule has 4 rings (SSSR count). The lowest BCUT2D eigenvalue weighted by Gasteiger charge is -2.36. The normalized spacial score (nSPS) is 14.6. The molecule has 1 aliphatic rings. The molecule has 3 aromatic rings. The number of phenolic OH excluding ortho intramolecular Hbond substituents is 1. The number of H-pyrrole nitrogens is 1. The number of aromatic amines is 1. The first kappa shape index (κ1) is 16.1. The number of hydrogen-bond donors (Lipinski definition) is 2. The highest BCUT2D eigenvalue weighted by Gasteiger charge is 2.25. The third kappa shape index (κ3) is 2.77. The molecule has 2 N–H and O–H groups in total. The molecule has 0 bridgehead atoms. The summed E-state index contributed by atoms with van der Waals surface area (Å²) >= 11 is 0. The number of piperazine rings is 1. The number of carbonyl (C=O) groups excluding carboxylic acids is 1. The molecule has 26 heavy (non-hydrogen) atoms. The van der Waals surface area contributed by atoms with Gasteiger partial charge in [0.15, 0.2) is 5.69 Å². The number of aromatic nitrogens is 2. The van der Waals surface area contributed by atoms with E-state index in [1.165, 1.54) is 0 Å². The number of anilines is 1. The van der Waals surface area contributed by atoms with Crippen LogP contribution >= 0.6 is 0 Å². The van der Waals surface area contributed by atoms with Gasteiger partial charge < -0.3 is 14.9 Å². The summed E-state index contributed by atoms with van der Waals surface area (Å²) in [6, 6.07) is 14.2. The molecule has 132 valence electrons. The first-order valence-corrected chi connectivity index (χ1v) is 8.45. The highest BCUT2D eigenvalue weighted by molar-refractivity contribution is 6.04. The lowest BCUT2D eigenvalue weighted by atomic mass is 10.1. The fourth-order valence-corrected chi connectivity index (χ4v) is 3.31. The third-order valence-corrected chi connectivity index (χ3v) is 4.69. The van der Waals surface area contributed by atoms with Gasteiger partial charge in [-0.2, -0.15) is 5.10 Å². The molecule has 0 aliphatic carbocycles. The van der Waals surface area contributed by atoms with Gasteiger partial charge in [0, 0.05) is 31.6 Å². The van der Waals surface area contributed by atoms with Gasteiger partial charge in [0.2, 0.25) is 0 Å². The van der Waals surface area contributed by atoms with Gasteiger partial charge in [-0.3, -0.25) is 9.59 Å². The van der Waals surface area contributed by atoms with Crippen molar-refractivity contribution < 1.29 is 9.90 Å². The summed E-state index contributed by atoms with van der Waals surface area (Å²) in [4.78, 5) is 28.6. The number of hydrogen-bond acceptors (Lipinski definition) is 5. The molecule has 2 aromatic carbocycles. The van der Waals surface area contributed by atoms with Gasteiger partial charge in [-0.05, 0) is 18.2 Å². The van der Waals surface area contributed by atoms with Gasteiger partial charge in [-0.25, -0.2) is 5.10 Å². The molecule has 0 unspecified atom stereocenters. The lowest BCUT2D eigenvalue weighted by Crippen LogP contribution is -2.49. The van der Waals surface area contributed by atoms with Crippen LogP contribution in [0.25, 0.3) is 10.8 Å².